The minimum Gasteiger partial charge on any atom is -0.391 e. The van der Waals surface area contributed by atoms with E-state index in [1.165, 1.54) is 7.11 Å². The Hall–Kier alpha value is -1.59. The van der Waals surface area contributed by atoms with Gasteiger partial charge in [-0.2, -0.15) is 0 Å². The number of ether oxygens (including phenoxy) is 1. The molecule has 0 aliphatic carbocycles. The van der Waals surface area contributed by atoms with E-state index in [-0.39, 0.29) is 18.6 Å². The van der Waals surface area contributed by atoms with Gasteiger partial charge in [0.1, 0.15) is 0 Å². The van der Waals surface area contributed by atoms with Gasteiger partial charge in [0.15, 0.2) is 0 Å². The second-order valence-corrected chi connectivity index (χ2v) is 5.00. The van der Waals surface area contributed by atoms with E-state index in [4.69, 9.17) is 4.74 Å². The minimum atomic E-state index is -0.552. The topological polar surface area (TPSA) is 70.6 Å². The maximum absolute atomic E-state index is 12.1. The number of methoxy groups -OCH3 is 1. The summed E-state index contributed by atoms with van der Waals surface area (Å²) in [5.41, 5.74) is 1.43. The zero-order valence-corrected chi connectivity index (χ0v) is 12.3. The van der Waals surface area contributed by atoms with Crippen molar-refractivity contribution in [2.45, 2.75) is 32.4 Å². The average Bonchev–Trinajstić information content (AvgIpc) is 2.38. The van der Waals surface area contributed by atoms with E-state index in [0.717, 1.165) is 5.69 Å². The molecule has 3 N–H and O–H groups in total. The molecule has 1 atom stereocenters. The summed E-state index contributed by atoms with van der Waals surface area (Å²) in [4.78, 5) is 12.1. The maximum atomic E-state index is 12.1. The fraction of sp³-hybridized carbons (Fsp3) is 0.533. The van der Waals surface area contributed by atoms with Crippen LogP contribution < -0.4 is 10.6 Å². The van der Waals surface area contributed by atoms with Crippen LogP contribution in [0.25, 0.3) is 0 Å². The summed E-state index contributed by atoms with van der Waals surface area (Å²) in [6, 6.07) is 7.65. The quantitative estimate of drug-likeness (QED) is 0.677. The molecule has 0 fully saturated rings. The highest BCUT2D eigenvalue weighted by Crippen LogP contribution is 2.15. The Morgan fingerprint density at radius 3 is 2.70 bits per heavy atom. The van der Waals surface area contributed by atoms with Gasteiger partial charge in [0, 0.05) is 25.4 Å². The molecule has 0 bridgehead atoms. The molecule has 5 heteroatoms. The molecule has 0 radical (unpaired) electrons. The van der Waals surface area contributed by atoms with Crippen LogP contribution in [-0.2, 0) is 4.74 Å². The summed E-state index contributed by atoms with van der Waals surface area (Å²) in [7, 11) is 1.54. The molecule has 0 saturated carbocycles. The number of anilines is 1. The van der Waals surface area contributed by atoms with Crippen LogP contribution in [-0.4, -0.2) is 43.4 Å². The van der Waals surface area contributed by atoms with Crippen molar-refractivity contribution >= 4 is 11.6 Å². The highest BCUT2D eigenvalue weighted by Gasteiger charge is 2.11. The van der Waals surface area contributed by atoms with Crippen molar-refractivity contribution < 1.29 is 14.6 Å². The first-order valence-corrected chi connectivity index (χ1v) is 6.85. The van der Waals surface area contributed by atoms with E-state index < -0.39 is 6.10 Å². The van der Waals surface area contributed by atoms with Crippen LogP contribution in [0.4, 0.5) is 5.69 Å². The number of hydrogen-bond acceptors (Lipinski definition) is 4. The van der Waals surface area contributed by atoms with Crippen LogP contribution in [0.2, 0.25) is 0 Å². The van der Waals surface area contributed by atoms with Crippen molar-refractivity contribution in [1.29, 1.82) is 0 Å². The molecule has 1 rings (SSSR count). The van der Waals surface area contributed by atoms with Crippen LogP contribution >= 0.6 is 0 Å². The molecule has 1 aromatic carbocycles. The molecule has 0 aromatic heterocycles. The molecule has 1 aromatic rings. The molecule has 0 spiro atoms. The average molecular weight is 280 g/mol. The zero-order valence-electron chi connectivity index (χ0n) is 12.3. The molecule has 1 unspecified atom stereocenters. The number of nitrogens with one attached hydrogen (secondary N) is 2. The Bertz CT molecular complexity index is 421. The van der Waals surface area contributed by atoms with Gasteiger partial charge in [-0.15, -0.1) is 0 Å². The smallest absolute Gasteiger partial charge is 0.253 e. The van der Waals surface area contributed by atoms with Crippen LogP contribution in [0.5, 0.6) is 0 Å². The molecule has 0 aliphatic rings. The monoisotopic (exact) mass is 280 g/mol. The van der Waals surface area contributed by atoms with Crippen molar-refractivity contribution in [3.63, 3.8) is 0 Å². The van der Waals surface area contributed by atoms with Gasteiger partial charge >= 0.3 is 0 Å². The first kappa shape index (κ1) is 16.5. The van der Waals surface area contributed by atoms with E-state index in [2.05, 4.69) is 10.6 Å². The van der Waals surface area contributed by atoms with Gasteiger partial charge in [0.05, 0.1) is 18.3 Å². The number of aliphatic hydroxyl groups is 1. The number of benzene rings is 1. The molecule has 112 valence electrons. The third-order valence-corrected chi connectivity index (χ3v) is 2.74. The van der Waals surface area contributed by atoms with Gasteiger partial charge in [0.25, 0.3) is 5.91 Å². The minimum absolute atomic E-state index is 0.140. The Kier molecular flexibility index (Phi) is 7.04. The predicted octanol–water partition coefficient (Wildman–Crippen LogP) is 1.63. The maximum Gasteiger partial charge on any atom is 0.253 e. The number of amides is 1. The second kappa shape index (κ2) is 8.55. The van der Waals surface area contributed by atoms with Crippen molar-refractivity contribution in [3.8, 4) is 0 Å². The zero-order chi connectivity index (χ0) is 15.0. The fourth-order valence-corrected chi connectivity index (χ4v) is 1.84. The Labute approximate surface area is 120 Å². The summed E-state index contributed by atoms with van der Waals surface area (Å²) < 4.78 is 4.84. The molecule has 0 heterocycles. The van der Waals surface area contributed by atoms with Crippen LogP contribution in [0, 0.1) is 0 Å². The van der Waals surface area contributed by atoms with E-state index in [1.807, 2.05) is 32.0 Å². The standard InChI is InChI=1S/C15H24N2O3/c1-11(2)17-14-7-5-4-6-13(14)15(19)16-9-8-12(18)10-20-3/h4-7,11-12,17-18H,8-10H2,1-3H3,(H,16,19). The van der Waals surface area contributed by atoms with Gasteiger partial charge in [-0.1, -0.05) is 12.1 Å². The number of carbonyl (C=O) groups is 1. The summed E-state index contributed by atoms with van der Waals surface area (Å²) in [5.74, 6) is -0.140. The van der Waals surface area contributed by atoms with Gasteiger partial charge in [0.2, 0.25) is 0 Å². The van der Waals surface area contributed by atoms with Crippen LogP contribution in [0.3, 0.4) is 0 Å². The highest BCUT2D eigenvalue weighted by molar-refractivity contribution is 5.99. The van der Waals surface area contributed by atoms with Gasteiger partial charge in [-0.05, 0) is 32.4 Å². The molecule has 20 heavy (non-hydrogen) atoms. The van der Waals surface area contributed by atoms with E-state index in [0.29, 0.717) is 18.5 Å². The third kappa shape index (κ3) is 5.59. The SMILES string of the molecule is COCC(O)CCNC(=O)c1ccccc1NC(C)C. The molecule has 0 saturated heterocycles. The normalized spacial score (nSPS) is 12.2. The van der Waals surface area contributed by atoms with E-state index in [1.54, 1.807) is 6.07 Å². The van der Waals surface area contributed by atoms with Crippen molar-refractivity contribution in [3.05, 3.63) is 29.8 Å². The summed E-state index contributed by atoms with van der Waals surface area (Å²) in [6.45, 7) is 4.74. The van der Waals surface area contributed by atoms with Crippen molar-refractivity contribution in [2.75, 3.05) is 25.6 Å². The summed E-state index contributed by atoms with van der Waals surface area (Å²) in [5, 5.41) is 15.6. The highest BCUT2D eigenvalue weighted by atomic mass is 16.5. The second-order valence-electron chi connectivity index (χ2n) is 5.00. The largest absolute Gasteiger partial charge is 0.391 e. The lowest BCUT2D eigenvalue weighted by molar-refractivity contribution is 0.0588. The fourth-order valence-electron chi connectivity index (χ4n) is 1.84. The Morgan fingerprint density at radius 2 is 2.05 bits per heavy atom. The lowest BCUT2D eigenvalue weighted by atomic mass is 10.1. The lowest BCUT2D eigenvalue weighted by Gasteiger charge is -2.15. The van der Waals surface area contributed by atoms with E-state index >= 15 is 0 Å². The Balaban J connectivity index is 2.55. The molecular formula is C15H24N2O3. The Morgan fingerprint density at radius 1 is 1.35 bits per heavy atom. The number of aliphatic hydroxyl groups excluding tert-OH is 1. The molecular weight excluding hydrogens is 256 g/mol. The number of rotatable bonds is 8. The van der Waals surface area contributed by atoms with Crippen LogP contribution in [0.15, 0.2) is 24.3 Å². The van der Waals surface area contributed by atoms with Gasteiger partial charge < -0.3 is 20.5 Å². The number of carbonyl (C=O) groups excluding carboxylic acids is 1. The number of hydrogen-bond donors (Lipinski definition) is 3. The van der Waals surface area contributed by atoms with Crippen molar-refractivity contribution in [2.24, 2.45) is 0 Å². The number of para-hydroxylation sites is 1. The van der Waals surface area contributed by atoms with Crippen molar-refractivity contribution in [1.82, 2.24) is 5.32 Å². The first-order valence-electron chi connectivity index (χ1n) is 6.85. The first-order chi connectivity index (χ1) is 9.54. The molecule has 1 amide bonds. The van der Waals surface area contributed by atoms with Gasteiger partial charge in [-0.3, -0.25) is 4.79 Å². The summed E-state index contributed by atoms with van der Waals surface area (Å²) >= 11 is 0. The predicted molar refractivity (Wildman–Crippen MR) is 80.0 cm³/mol. The molecule has 5 nitrogen and oxygen atoms in total. The van der Waals surface area contributed by atoms with E-state index in [9.17, 15) is 9.90 Å². The lowest BCUT2D eigenvalue weighted by Crippen LogP contribution is -2.29. The third-order valence-electron chi connectivity index (χ3n) is 2.74. The molecule has 0 aliphatic heterocycles. The van der Waals surface area contributed by atoms with Gasteiger partial charge in [-0.25, -0.2) is 0 Å². The van der Waals surface area contributed by atoms with Crippen LogP contribution in [0.1, 0.15) is 30.6 Å². The summed E-state index contributed by atoms with van der Waals surface area (Å²) in [6.07, 6.45) is -0.0800.